The molecule has 2 aromatic rings. The number of hydrogen-bond acceptors (Lipinski definition) is 1. The maximum atomic E-state index is 4.20. The Morgan fingerprint density at radius 1 is 1.21 bits per heavy atom. The van der Waals surface area contributed by atoms with Gasteiger partial charge in [0.2, 0.25) is 0 Å². The van der Waals surface area contributed by atoms with Crippen molar-refractivity contribution >= 4 is 31.9 Å². The minimum absolute atomic E-state index is 0.801. The molecule has 1 heterocycles. The van der Waals surface area contributed by atoms with E-state index in [1.165, 1.54) is 5.56 Å². The zero-order valence-electron chi connectivity index (χ0n) is 7.30. The van der Waals surface area contributed by atoms with Crippen LogP contribution in [0.15, 0.2) is 39.5 Å². The topological polar surface area (TPSA) is 28.7 Å². The van der Waals surface area contributed by atoms with E-state index < -0.39 is 0 Å². The number of imidazole rings is 1. The zero-order valence-corrected chi connectivity index (χ0v) is 10.5. The Kier molecular flexibility index (Phi) is 3.03. The van der Waals surface area contributed by atoms with Crippen LogP contribution >= 0.6 is 31.9 Å². The maximum Gasteiger partial charge on any atom is 0.110 e. The van der Waals surface area contributed by atoms with Crippen molar-refractivity contribution in [1.29, 1.82) is 0 Å². The molecule has 0 atom stereocenters. The average Bonchev–Trinajstić information content (AvgIpc) is 2.64. The number of rotatable bonds is 2. The molecule has 0 bridgehead atoms. The molecular formula is C10H8Br2N2. The van der Waals surface area contributed by atoms with E-state index in [2.05, 4.69) is 41.8 Å². The Bertz CT molecular complexity index is 403. The lowest BCUT2D eigenvalue weighted by Crippen LogP contribution is -1.93. The minimum Gasteiger partial charge on any atom is -0.348 e. The molecule has 14 heavy (non-hydrogen) atoms. The predicted molar refractivity (Wildman–Crippen MR) is 63.2 cm³/mol. The number of benzene rings is 1. The third kappa shape index (κ3) is 2.07. The second-order valence-electron chi connectivity index (χ2n) is 2.91. The van der Waals surface area contributed by atoms with E-state index in [-0.39, 0.29) is 0 Å². The maximum absolute atomic E-state index is 4.20. The van der Waals surface area contributed by atoms with E-state index in [1.54, 1.807) is 6.20 Å². The number of aromatic nitrogens is 2. The summed E-state index contributed by atoms with van der Waals surface area (Å²) in [5, 5.41) is 0. The summed E-state index contributed by atoms with van der Waals surface area (Å²) >= 11 is 7.04. The van der Waals surface area contributed by atoms with Crippen LogP contribution in [0.4, 0.5) is 0 Å². The molecular weight excluding hydrogens is 308 g/mol. The van der Waals surface area contributed by atoms with E-state index in [9.17, 15) is 0 Å². The van der Waals surface area contributed by atoms with E-state index >= 15 is 0 Å². The van der Waals surface area contributed by atoms with E-state index in [0.717, 1.165) is 21.2 Å². The van der Waals surface area contributed by atoms with Crippen molar-refractivity contribution in [2.24, 2.45) is 0 Å². The number of hydrogen-bond donors (Lipinski definition) is 1. The normalized spacial score (nSPS) is 10.4. The molecule has 0 amide bonds. The highest BCUT2D eigenvalue weighted by molar-refractivity contribution is 9.11. The average molecular weight is 316 g/mol. The largest absolute Gasteiger partial charge is 0.348 e. The van der Waals surface area contributed by atoms with Gasteiger partial charge >= 0.3 is 0 Å². The van der Waals surface area contributed by atoms with Crippen LogP contribution in [0.25, 0.3) is 0 Å². The molecule has 0 aliphatic carbocycles. The van der Waals surface area contributed by atoms with Gasteiger partial charge in [0.05, 0.1) is 0 Å². The van der Waals surface area contributed by atoms with Gasteiger partial charge in [-0.1, -0.05) is 37.9 Å². The van der Waals surface area contributed by atoms with Crippen molar-refractivity contribution < 1.29 is 0 Å². The van der Waals surface area contributed by atoms with Gasteiger partial charge in [0.1, 0.15) is 5.82 Å². The molecule has 0 unspecified atom stereocenters. The standard InChI is InChI=1S/C10H8Br2N2/c11-8-2-1-3-9(12)7(8)6-10-13-4-5-14-10/h1-5H,6H2,(H,13,14). The number of H-pyrrole nitrogens is 1. The van der Waals surface area contributed by atoms with Gasteiger partial charge < -0.3 is 4.98 Å². The fourth-order valence-corrected chi connectivity index (χ4v) is 2.54. The van der Waals surface area contributed by atoms with Crippen LogP contribution < -0.4 is 0 Å². The van der Waals surface area contributed by atoms with Crippen molar-refractivity contribution in [2.75, 3.05) is 0 Å². The zero-order chi connectivity index (χ0) is 9.97. The first kappa shape index (κ1) is 9.93. The quantitative estimate of drug-likeness (QED) is 0.902. The summed E-state index contributed by atoms with van der Waals surface area (Å²) in [5.74, 6) is 0.970. The fraction of sp³-hybridized carbons (Fsp3) is 0.100. The monoisotopic (exact) mass is 314 g/mol. The Hall–Kier alpha value is -0.610. The van der Waals surface area contributed by atoms with Crippen LogP contribution in [0.1, 0.15) is 11.4 Å². The Labute approximate surface area is 99.0 Å². The number of nitrogens with zero attached hydrogens (tertiary/aromatic N) is 1. The lowest BCUT2D eigenvalue weighted by atomic mass is 10.1. The second-order valence-corrected chi connectivity index (χ2v) is 4.62. The summed E-state index contributed by atoms with van der Waals surface area (Å²) in [4.78, 5) is 7.28. The number of nitrogens with one attached hydrogen (secondary N) is 1. The first-order valence-electron chi connectivity index (χ1n) is 4.18. The van der Waals surface area contributed by atoms with Gasteiger partial charge in [-0.2, -0.15) is 0 Å². The first-order chi connectivity index (χ1) is 6.77. The molecule has 0 saturated carbocycles. The summed E-state index contributed by atoms with van der Waals surface area (Å²) < 4.78 is 2.20. The van der Waals surface area contributed by atoms with Crippen molar-refractivity contribution in [2.45, 2.75) is 6.42 Å². The van der Waals surface area contributed by atoms with Gasteiger partial charge in [-0.3, -0.25) is 0 Å². The molecule has 72 valence electrons. The lowest BCUT2D eigenvalue weighted by molar-refractivity contribution is 1.01. The molecule has 0 fully saturated rings. The smallest absolute Gasteiger partial charge is 0.110 e. The molecule has 0 aliphatic heterocycles. The van der Waals surface area contributed by atoms with Crippen LogP contribution in [0.2, 0.25) is 0 Å². The highest BCUT2D eigenvalue weighted by Gasteiger charge is 2.06. The second kappa shape index (κ2) is 4.28. The van der Waals surface area contributed by atoms with Crippen molar-refractivity contribution in [3.05, 3.63) is 50.9 Å². The molecule has 0 spiro atoms. The number of halogens is 2. The molecule has 0 saturated heterocycles. The van der Waals surface area contributed by atoms with Gasteiger partial charge in [-0.25, -0.2) is 4.98 Å². The highest BCUT2D eigenvalue weighted by Crippen LogP contribution is 2.26. The van der Waals surface area contributed by atoms with Crippen molar-refractivity contribution in [1.82, 2.24) is 9.97 Å². The third-order valence-corrected chi connectivity index (χ3v) is 3.45. The van der Waals surface area contributed by atoms with Crippen molar-refractivity contribution in [3.63, 3.8) is 0 Å². The molecule has 0 radical (unpaired) electrons. The number of aromatic amines is 1. The van der Waals surface area contributed by atoms with Crippen LogP contribution in [-0.2, 0) is 6.42 Å². The van der Waals surface area contributed by atoms with Crippen molar-refractivity contribution in [3.8, 4) is 0 Å². The molecule has 1 aromatic carbocycles. The highest BCUT2D eigenvalue weighted by atomic mass is 79.9. The lowest BCUT2D eigenvalue weighted by Gasteiger charge is -2.04. The molecule has 1 aromatic heterocycles. The SMILES string of the molecule is Brc1cccc(Br)c1Cc1ncc[nH]1. The molecule has 0 aliphatic rings. The van der Waals surface area contributed by atoms with Gasteiger partial charge in [-0.15, -0.1) is 0 Å². The third-order valence-electron chi connectivity index (χ3n) is 1.96. The molecule has 2 nitrogen and oxygen atoms in total. The summed E-state index contributed by atoms with van der Waals surface area (Å²) in [5.41, 5.74) is 1.21. The molecule has 4 heteroatoms. The van der Waals surface area contributed by atoms with Gasteiger partial charge in [0, 0.05) is 27.8 Å². The van der Waals surface area contributed by atoms with Crippen LogP contribution in [0.3, 0.4) is 0 Å². The summed E-state index contributed by atoms with van der Waals surface area (Å²) in [6.45, 7) is 0. The van der Waals surface area contributed by atoms with Crippen LogP contribution in [0, 0.1) is 0 Å². The van der Waals surface area contributed by atoms with Gasteiger partial charge in [0.25, 0.3) is 0 Å². The summed E-state index contributed by atoms with van der Waals surface area (Å²) in [6, 6.07) is 6.06. The molecule has 2 rings (SSSR count). The Morgan fingerprint density at radius 3 is 2.50 bits per heavy atom. The van der Waals surface area contributed by atoms with E-state index in [1.807, 2.05) is 24.4 Å². The molecule has 1 N–H and O–H groups in total. The Morgan fingerprint density at radius 2 is 1.93 bits per heavy atom. The van der Waals surface area contributed by atoms with Gasteiger partial charge in [-0.05, 0) is 17.7 Å². The Balaban J connectivity index is 2.33. The van der Waals surface area contributed by atoms with Gasteiger partial charge in [0.15, 0.2) is 0 Å². The van der Waals surface area contributed by atoms with Crippen LogP contribution in [-0.4, -0.2) is 9.97 Å². The fourth-order valence-electron chi connectivity index (χ4n) is 1.26. The van der Waals surface area contributed by atoms with E-state index in [4.69, 9.17) is 0 Å². The summed E-state index contributed by atoms with van der Waals surface area (Å²) in [6.07, 6.45) is 4.40. The minimum atomic E-state index is 0.801. The summed E-state index contributed by atoms with van der Waals surface area (Å²) in [7, 11) is 0. The van der Waals surface area contributed by atoms with Crippen LogP contribution in [0.5, 0.6) is 0 Å². The first-order valence-corrected chi connectivity index (χ1v) is 5.77. The van der Waals surface area contributed by atoms with E-state index in [0.29, 0.717) is 0 Å². The predicted octanol–water partition coefficient (Wildman–Crippen LogP) is 3.53.